The maximum absolute atomic E-state index is 14.4. The Morgan fingerprint density at radius 1 is 1.25 bits per heavy atom. The minimum Gasteiger partial charge on any atom is -0.366 e. The van der Waals surface area contributed by atoms with Crippen LogP contribution in [-0.4, -0.2) is 59.0 Å². The van der Waals surface area contributed by atoms with Gasteiger partial charge in [-0.25, -0.2) is 4.98 Å². The Morgan fingerprint density at radius 3 is 2.72 bits per heavy atom. The average Bonchev–Trinajstić information content (AvgIpc) is 2.73. The van der Waals surface area contributed by atoms with E-state index in [1.165, 1.54) is 7.05 Å². The third-order valence-electron chi connectivity index (χ3n) is 6.41. The van der Waals surface area contributed by atoms with Crippen LogP contribution in [0.15, 0.2) is 35.3 Å². The van der Waals surface area contributed by atoms with Crippen molar-refractivity contribution in [3.8, 4) is 0 Å². The number of aryl methyl sites for hydroxylation is 1. The van der Waals surface area contributed by atoms with E-state index in [0.29, 0.717) is 12.1 Å². The van der Waals surface area contributed by atoms with Gasteiger partial charge in [-0.15, -0.1) is 0 Å². The molecular weight excluding hydrogens is 411 g/mol. The first-order chi connectivity index (χ1) is 15.4. The largest absolute Gasteiger partial charge is 0.366 e. The summed E-state index contributed by atoms with van der Waals surface area (Å²) in [5.41, 5.74) is 4.00. The molecule has 2 fully saturated rings. The van der Waals surface area contributed by atoms with E-state index >= 15 is 0 Å². The van der Waals surface area contributed by atoms with Crippen LogP contribution in [0.2, 0.25) is 0 Å². The molecule has 2 aliphatic heterocycles. The van der Waals surface area contributed by atoms with Crippen LogP contribution in [0.5, 0.6) is 0 Å². The number of carbonyl (C=O) groups is 1. The van der Waals surface area contributed by atoms with Gasteiger partial charge in [-0.2, -0.15) is 4.39 Å². The zero-order valence-corrected chi connectivity index (χ0v) is 18.1. The molecule has 5 heterocycles. The molecule has 0 bridgehead atoms. The van der Waals surface area contributed by atoms with Gasteiger partial charge in [0.25, 0.3) is 11.5 Å². The predicted octanol–water partition coefficient (Wildman–Crippen LogP) is 1.70. The number of nitrogens with one attached hydrogen (secondary N) is 2. The van der Waals surface area contributed by atoms with Gasteiger partial charge < -0.3 is 15.2 Å². The van der Waals surface area contributed by atoms with Crippen molar-refractivity contribution in [2.75, 3.05) is 38.1 Å². The standard InChI is InChI=1S/C23H25FN6O2/c1-3-15-7-17-18(28-21(15)31)6-14(8-26-17)9-29-10-23(11-29)12-30(13-23)19-5-4-16(22(32)25-2)27-20(19)24/h4-8H,3,9-13H2,1-2H3,(H,25,32)(H,28,31). The van der Waals surface area contributed by atoms with Gasteiger partial charge in [0.2, 0.25) is 5.95 Å². The Bertz CT molecular complexity index is 1260. The van der Waals surface area contributed by atoms with Gasteiger partial charge >= 0.3 is 0 Å². The lowest BCUT2D eigenvalue weighted by Gasteiger charge is -2.61. The first-order valence-corrected chi connectivity index (χ1v) is 10.8. The van der Waals surface area contributed by atoms with E-state index < -0.39 is 11.9 Å². The van der Waals surface area contributed by atoms with Crippen LogP contribution in [0.4, 0.5) is 10.1 Å². The van der Waals surface area contributed by atoms with Crippen LogP contribution in [-0.2, 0) is 13.0 Å². The summed E-state index contributed by atoms with van der Waals surface area (Å²) in [7, 11) is 1.49. The highest BCUT2D eigenvalue weighted by Gasteiger charge is 2.52. The van der Waals surface area contributed by atoms with E-state index in [1.54, 1.807) is 12.1 Å². The number of fused-ring (bicyclic) bond motifs is 1. The Balaban J connectivity index is 1.19. The van der Waals surface area contributed by atoms with Gasteiger partial charge in [-0.3, -0.25) is 19.5 Å². The molecule has 1 spiro atoms. The summed E-state index contributed by atoms with van der Waals surface area (Å²) >= 11 is 0. The first-order valence-electron chi connectivity index (χ1n) is 10.8. The van der Waals surface area contributed by atoms with E-state index in [4.69, 9.17) is 0 Å². The Morgan fingerprint density at radius 2 is 2.03 bits per heavy atom. The molecule has 0 saturated carbocycles. The molecule has 166 valence electrons. The number of aromatic amines is 1. The molecule has 0 aliphatic carbocycles. The number of H-pyrrole nitrogens is 1. The number of pyridine rings is 3. The van der Waals surface area contributed by atoms with Gasteiger partial charge in [0.1, 0.15) is 5.69 Å². The molecule has 0 atom stereocenters. The Labute approximate surface area is 184 Å². The molecule has 2 saturated heterocycles. The number of nitrogens with zero attached hydrogens (tertiary/aromatic N) is 4. The van der Waals surface area contributed by atoms with Crippen molar-refractivity contribution < 1.29 is 9.18 Å². The summed E-state index contributed by atoms with van der Waals surface area (Å²) in [6.45, 7) is 6.11. The molecule has 8 nitrogen and oxygen atoms in total. The highest BCUT2D eigenvalue weighted by Crippen LogP contribution is 2.42. The van der Waals surface area contributed by atoms with Gasteiger partial charge in [0, 0.05) is 56.9 Å². The maximum atomic E-state index is 14.4. The molecular formula is C23H25FN6O2. The van der Waals surface area contributed by atoms with Crippen molar-refractivity contribution >= 4 is 22.6 Å². The monoisotopic (exact) mass is 436 g/mol. The van der Waals surface area contributed by atoms with E-state index in [9.17, 15) is 14.0 Å². The fourth-order valence-electron chi connectivity index (χ4n) is 4.84. The van der Waals surface area contributed by atoms with E-state index in [2.05, 4.69) is 25.2 Å². The Hall–Kier alpha value is -3.33. The van der Waals surface area contributed by atoms with Gasteiger partial charge in [0.05, 0.1) is 16.7 Å². The van der Waals surface area contributed by atoms with Crippen molar-refractivity contribution in [2.45, 2.75) is 19.9 Å². The number of anilines is 1. The molecule has 9 heteroatoms. The normalized spacial score (nSPS) is 17.3. The maximum Gasteiger partial charge on any atom is 0.269 e. The zero-order valence-electron chi connectivity index (χ0n) is 18.1. The van der Waals surface area contributed by atoms with E-state index in [0.717, 1.165) is 54.9 Å². The van der Waals surface area contributed by atoms with Crippen LogP contribution in [0.25, 0.3) is 11.0 Å². The number of rotatable bonds is 5. The summed E-state index contributed by atoms with van der Waals surface area (Å²) < 4.78 is 14.4. The van der Waals surface area contributed by atoms with Gasteiger partial charge in [-0.1, -0.05) is 6.92 Å². The number of carbonyl (C=O) groups excluding carboxylic acids is 1. The van der Waals surface area contributed by atoms with Crippen molar-refractivity contribution in [2.24, 2.45) is 5.41 Å². The van der Waals surface area contributed by atoms with Gasteiger partial charge in [0.15, 0.2) is 0 Å². The predicted molar refractivity (Wildman–Crippen MR) is 119 cm³/mol. The van der Waals surface area contributed by atoms with Crippen molar-refractivity contribution in [3.63, 3.8) is 0 Å². The lowest BCUT2D eigenvalue weighted by molar-refractivity contribution is -0.0276. The number of hydrogen-bond donors (Lipinski definition) is 2. The molecule has 0 radical (unpaired) electrons. The topological polar surface area (TPSA) is 94.2 Å². The number of likely N-dealkylation sites (tertiary alicyclic amines) is 1. The molecule has 2 aliphatic rings. The quantitative estimate of drug-likeness (QED) is 0.592. The van der Waals surface area contributed by atoms with Crippen LogP contribution in [0.3, 0.4) is 0 Å². The second-order valence-corrected chi connectivity index (χ2v) is 8.84. The summed E-state index contributed by atoms with van der Waals surface area (Å²) in [6.07, 6.45) is 2.55. The molecule has 3 aromatic rings. The highest BCUT2D eigenvalue weighted by atomic mass is 19.1. The molecule has 5 rings (SSSR count). The number of amides is 1. The summed E-state index contributed by atoms with van der Waals surface area (Å²) in [4.78, 5) is 39.2. The highest BCUT2D eigenvalue weighted by molar-refractivity contribution is 5.92. The fourth-order valence-corrected chi connectivity index (χ4v) is 4.84. The molecule has 1 amide bonds. The summed E-state index contributed by atoms with van der Waals surface area (Å²) in [5, 5.41) is 2.45. The number of halogens is 1. The fraction of sp³-hybridized carbons (Fsp3) is 0.391. The second kappa shape index (κ2) is 7.67. The van der Waals surface area contributed by atoms with Crippen molar-refractivity contribution in [1.29, 1.82) is 0 Å². The minimum absolute atomic E-state index is 0.0542. The lowest BCUT2D eigenvalue weighted by Crippen LogP contribution is -2.72. The molecule has 3 aromatic heterocycles. The lowest BCUT2D eigenvalue weighted by atomic mass is 9.72. The average molecular weight is 436 g/mol. The van der Waals surface area contributed by atoms with Crippen LogP contribution in [0, 0.1) is 11.4 Å². The number of aromatic nitrogens is 3. The third kappa shape index (κ3) is 3.52. The summed E-state index contributed by atoms with van der Waals surface area (Å²) in [6, 6.07) is 7.03. The molecule has 0 unspecified atom stereocenters. The smallest absolute Gasteiger partial charge is 0.269 e. The van der Waals surface area contributed by atoms with E-state index in [1.807, 2.05) is 30.2 Å². The Kier molecular flexibility index (Phi) is 4.93. The second-order valence-electron chi connectivity index (χ2n) is 8.84. The van der Waals surface area contributed by atoms with E-state index in [-0.39, 0.29) is 16.7 Å². The minimum atomic E-state index is -0.611. The van der Waals surface area contributed by atoms with Crippen molar-refractivity contribution in [3.05, 3.63) is 63.6 Å². The SMILES string of the molecule is CCc1cc2ncc(CN3CC4(C3)CN(c3ccc(C(=O)NC)nc3F)C4)cc2[nH]c1=O. The first kappa shape index (κ1) is 20.6. The molecule has 2 N–H and O–H groups in total. The number of hydrogen-bond acceptors (Lipinski definition) is 6. The molecule has 32 heavy (non-hydrogen) atoms. The zero-order chi connectivity index (χ0) is 22.5. The van der Waals surface area contributed by atoms with Crippen LogP contribution >= 0.6 is 0 Å². The van der Waals surface area contributed by atoms with Crippen LogP contribution < -0.4 is 15.8 Å². The van der Waals surface area contributed by atoms with Gasteiger partial charge in [-0.05, 0) is 36.2 Å². The molecule has 0 aromatic carbocycles. The van der Waals surface area contributed by atoms with Crippen molar-refractivity contribution in [1.82, 2.24) is 25.2 Å². The third-order valence-corrected chi connectivity index (χ3v) is 6.41. The summed E-state index contributed by atoms with van der Waals surface area (Å²) in [5.74, 6) is -1.01. The van der Waals surface area contributed by atoms with Crippen LogP contribution in [0.1, 0.15) is 28.5 Å².